The van der Waals surface area contributed by atoms with Crippen LogP contribution < -0.4 is 11.1 Å². The van der Waals surface area contributed by atoms with Gasteiger partial charge in [-0.3, -0.25) is 9.48 Å². The molecule has 1 aromatic heterocycles. The molecule has 4 N–H and O–H groups in total. The van der Waals surface area contributed by atoms with Crippen molar-refractivity contribution in [2.45, 2.75) is 31.8 Å². The Morgan fingerprint density at radius 3 is 2.94 bits per heavy atom. The summed E-state index contributed by atoms with van der Waals surface area (Å²) in [7, 11) is 1.68. The van der Waals surface area contributed by atoms with Gasteiger partial charge in [-0.1, -0.05) is 12.8 Å². The summed E-state index contributed by atoms with van der Waals surface area (Å²) in [6.07, 6.45) is 5.13. The zero-order valence-corrected chi connectivity index (χ0v) is 10.6. The summed E-state index contributed by atoms with van der Waals surface area (Å²) in [4.78, 5) is 12.0. The van der Waals surface area contributed by atoms with Gasteiger partial charge in [0, 0.05) is 19.5 Å². The van der Waals surface area contributed by atoms with Crippen molar-refractivity contribution in [2.24, 2.45) is 13.0 Å². The lowest BCUT2D eigenvalue weighted by Gasteiger charge is -2.27. The van der Waals surface area contributed by atoms with E-state index in [0.29, 0.717) is 17.9 Å². The van der Waals surface area contributed by atoms with E-state index in [1.54, 1.807) is 7.05 Å². The van der Waals surface area contributed by atoms with E-state index in [2.05, 4.69) is 10.4 Å². The highest BCUT2D eigenvalue weighted by Gasteiger charge is 2.24. The fraction of sp³-hybridized carbons (Fsp3) is 0.667. The molecule has 0 aromatic carbocycles. The van der Waals surface area contributed by atoms with Crippen LogP contribution in [0.3, 0.4) is 0 Å². The molecular weight excluding hydrogens is 232 g/mol. The number of hydrogen-bond donors (Lipinski definition) is 3. The molecule has 6 heteroatoms. The van der Waals surface area contributed by atoms with Crippen molar-refractivity contribution in [3.63, 3.8) is 0 Å². The quantitative estimate of drug-likeness (QED) is 0.720. The highest BCUT2D eigenvalue weighted by atomic mass is 16.3. The minimum Gasteiger partial charge on any atom is -0.396 e. The van der Waals surface area contributed by atoms with Crippen molar-refractivity contribution < 1.29 is 9.90 Å². The molecule has 1 heterocycles. The number of carbonyl (C=O) groups excluding carboxylic acids is 1. The molecule has 1 fully saturated rings. The van der Waals surface area contributed by atoms with Crippen molar-refractivity contribution in [1.29, 1.82) is 0 Å². The third-order valence-electron chi connectivity index (χ3n) is 3.58. The lowest BCUT2D eigenvalue weighted by atomic mass is 9.86. The minimum absolute atomic E-state index is 0.150. The van der Waals surface area contributed by atoms with Gasteiger partial charge in [-0.15, -0.1) is 0 Å². The number of nitrogens with zero attached hydrogens (tertiary/aromatic N) is 2. The van der Waals surface area contributed by atoms with Gasteiger partial charge in [0.2, 0.25) is 0 Å². The van der Waals surface area contributed by atoms with Crippen molar-refractivity contribution in [1.82, 2.24) is 15.1 Å². The Balaban J connectivity index is 1.92. The molecule has 1 amide bonds. The largest absolute Gasteiger partial charge is 0.396 e. The average molecular weight is 252 g/mol. The number of aliphatic hydroxyl groups is 1. The third-order valence-corrected chi connectivity index (χ3v) is 3.58. The standard InChI is InChI=1S/C12H20N4O2/c1-16-11(9(13)7-15-16)12(18)14-6-8-4-2-3-5-10(8)17/h7-8,10,17H,2-6,13H2,1H3,(H,14,18). The number of aromatic nitrogens is 2. The molecule has 2 unspecified atom stereocenters. The molecule has 0 radical (unpaired) electrons. The highest BCUT2D eigenvalue weighted by Crippen LogP contribution is 2.23. The zero-order valence-electron chi connectivity index (χ0n) is 10.6. The summed E-state index contributed by atoms with van der Waals surface area (Å²) < 4.78 is 1.46. The molecule has 1 saturated carbocycles. The molecule has 0 bridgehead atoms. The second-order valence-corrected chi connectivity index (χ2v) is 4.89. The number of rotatable bonds is 3. The minimum atomic E-state index is -0.303. The Morgan fingerprint density at radius 1 is 1.61 bits per heavy atom. The first-order valence-electron chi connectivity index (χ1n) is 6.33. The van der Waals surface area contributed by atoms with Gasteiger partial charge < -0.3 is 16.2 Å². The zero-order chi connectivity index (χ0) is 13.1. The molecule has 2 atom stereocenters. The summed E-state index contributed by atoms with van der Waals surface area (Å²) in [5.41, 5.74) is 6.43. The normalized spacial score (nSPS) is 23.9. The SMILES string of the molecule is Cn1ncc(N)c1C(=O)NCC1CCCCC1O. The van der Waals surface area contributed by atoms with E-state index in [1.165, 1.54) is 10.9 Å². The maximum atomic E-state index is 12.0. The van der Waals surface area contributed by atoms with Crippen LogP contribution in [0.4, 0.5) is 5.69 Å². The molecule has 0 saturated heterocycles. The molecular formula is C12H20N4O2. The number of hydrogen-bond acceptors (Lipinski definition) is 4. The number of anilines is 1. The molecule has 18 heavy (non-hydrogen) atoms. The molecule has 1 aliphatic carbocycles. The molecule has 0 spiro atoms. The summed E-state index contributed by atoms with van der Waals surface area (Å²) in [5.74, 6) is -0.0811. The van der Waals surface area contributed by atoms with E-state index < -0.39 is 0 Å². The molecule has 2 rings (SSSR count). The lowest BCUT2D eigenvalue weighted by molar-refractivity contribution is 0.0661. The van der Waals surface area contributed by atoms with Gasteiger partial charge in [0.1, 0.15) is 5.69 Å². The molecule has 6 nitrogen and oxygen atoms in total. The van der Waals surface area contributed by atoms with E-state index >= 15 is 0 Å². The van der Waals surface area contributed by atoms with Crippen LogP contribution >= 0.6 is 0 Å². The Kier molecular flexibility index (Phi) is 3.86. The van der Waals surface area contributed by atoms with Crippen LogP contribution in [0.25, 0.3) is 0 Å². The fourth-order valence-electron chi connectivity index (χ4n) is 2.47. The predicted molar refractivity (Wildman–Crippen MR) is 67.9 cm³/mol. The van der Waals surface area contributed by atoms with Gasteiger partial charge in [-0.05, 0) is 12.8 Å². The van der Waals surface area contributed by atoms with Gasteiger partial charge in [0.15, 0.2) is 0 Å². The van der Waals surface area contributed by atoms with Crippen molar-refractivity contribution in [3.8, 4) is 0 Å². The van der Waals surface area contributed by atoms with Crippen LogP contribution in [0.5, 0.6) is 0 Å². The summed E-state index contributed by atoms with van der Waals surface area (Å²) in [6.45, 7) is 0.491. The summed E-state index contributed by atoms with van der Waals surface area (Å²) in [6, 6.07) is 0. The lowest BCUT2D eigenvalue weighted by Crippen LogP contribution is -2.37. The van der Waals surface area contributed by atoms with E-state index in [9.17, 15) is 9.90 Å². The first-order valence-corrected chi connectivity index (χ1v) is 6.33. The Labute approximate surface area is 106 Å². The monoisotopic (exact) mass is 252 g/mol. The predicted octanol–water partition coefficient (Wildman–Crippen LogP) is 0.283. The second-order valence-electron chi connectivity index (χ2n) is 4.89. The third kappa shape index (κ3) is 2.64. The number of nitrogens with one attached hydrogen (secondary N) is 1. The van der Waals surface area contributed by atoms with Gasteiger partial charge >= 0.3 is 0 Å². The van der Waals surface area contributed by atoms with Gasteiger partial charge in [0.25, 0.3) is 5.91 Å². The average Bonchev–Trinajstić information content (AvgIpc) is 2.68. The summed E-state index contributed by atoms with van der Waals surface area (Å²) in [5, 5.41) is 16.6. The maximum Gasteiger partial charge on any atom is 0.271 e. The fourth-order valence-corrected chi connectivity index (χ4v) is 2.47. The number of carbonyl (C=O) groups is 1. The second kappa shape index (κ2) is 5.39. The van der Waals surface area contributed by atoms with Crippen molar-refractivity contribution in [2.75, 3.05) is 12.3 Å². The molecule has 0 aliphatic heterocycles. The van der Waals surface area contributed by atoms with Crippen molar-refractivity contribution in [3.05, 3.63) is 11.9 Å². The van der Waals surface area contributed by atoms with Crippen molar-refractivity contribution >= 4 is 11.6 Å². The maximum absolute atomic E-state index is 12.0. The highest BCUT2D eigenvalue weighted by molar-refractivity contribution is 5.97. The Hall–Kier alpha value is -1.56. The van der Waals surface area contributed by atoms with E-state index in [0.717, 1.165) is 25.7 Å². The van der Waals surface area contributed by atoms with E-state index in [4.69, 9.17) is 5.73 Å². The number of amides is 1. The first-order chi connectivity index (χ1) is 8.59. The van der Waals surface area contributed by atoms with Crippen LogP contribution in [0.1, 0.15) is 36.2 Å². The Bertz CT molecular complexity index is 410. The molecule has 1 aliphatic rings. The number of nitrogens with two attached hydrogens (primary N) is 1. The Morgan fingerprint density at radius 2 is 2.33 bits per heavy atom. The van der Waals surface area contributed by atoms with E-state index in [1.807, 2.05) is 0 Å². The smallest absolute Gasteiger partial charge is 0.271 e. The van der Waals surface area contributed by atoms with Crippen LogP contribution in [-0.4, -0.2) is 33.4 Å². The van der Waals surface area contributed by atoms with Gasteiger partial charge in [-0.2, -0.15) is 5.10 Å². The van der Waals surface area contributed by atoms with Crippen LogP contribution in [0.2, 0.25) is 0 Å². The topological polar surface area (TPSA) is 93.2 Å². The number of nitrogen functional groups attached to an aromatic ring is 1. The van der Waals surface area contributed by atoms with Crippen LogP contribution in [0.15, 0.2) is 6.20 Å². The number of aliphatic hydroxyl groups excluding tert-OH is 1. The first kappa shape index (κ1) is 12.9. The summed E-state index contributed by atoms with van der Waals surface area (Å²) >= 11 is 0. The molecule has 1 aromatic rings. The van der Waals surface area contributed by atoms with Gasteiger partial charge in [0.05, 0.1) is 18.0 Å². The number of aryl methyl sites for hydroxylation is 1. The van der Waals surface area contributed by atoms with Gasteiger partial charge in [-0.25, -0.2) is 0 Å². The molecule has 100 valence electrons. The van der Waals surface area contributed by atoms with E-state index in [-0.39, 0.29) is 17.9 Å². The van der Waals surface area contributed by atoms with Crippen LogP contribution in [0, 0.1) is 5.92 Å². The van der Waals surface area contributed by atoms with Crippen LogP contribution in [-0.2, 0) is 7.05 Å².